The van der Waals surface area contributed by atoms with Gasteiger partial charge in [0, 0.05) is 11.1 Å². The molecule has 0 spiro atoms. The molecule has 0 saturated carbocycles. The van der Waals surface area contributed by atoms with Gasteiger partial charge in [0.1, 0.15) is 11.3 Å². The Morgan fingerprint density at radius 1 is 1.20 bits per heavy atom. The lowest BCUT2D eigenvalue weighted by Gasteiger charge is -2.08. The molecule has 0 aliphatic heterocycles. The zero-order valence-electron chi connectivity index (χ0n) is 10.0. The van der Waals surface area contributed by atoms with Gasteiger partial charge in [0.15, 0.2) is 0 Å². The number of hydrogen-bond donors (Lipinski definition) is 1. The Morgan fingerprint density at radius 2 is 1.90 bits per heavy atom. The van der Waals surface area contributed by atoms with Crippen LogP contribution in [0.1, 0.15) is 10.4 Å². The van der Waals surface area contributed by atoms with Crippen molar-refractivity contribution in [2.24, 2.45) is 0 Å². The van der Waals surface area contributed by atoms with Crippen LogP contribution in [0.5, 0.6) is 17.8 Å². The van der Waals surface area contributed by atoms with Crippen molar-refractivity contribution in [3.05, 3.63) is 34.1 Å². The molecule has 0 bridgehead atoms. The van der Waals surface area contributed by atoms with Crippen LogP contribution in [0.25, 0.3) is 0 Å². The Balaban J connectivity index is 2.41. The van der Waals surface area contributed by atoms with E-state index in [1.54, 1.807) is 0 Å². The van der Waals surface area contributed by atoms with E-state index in [4.69, 9.17) is 37.8 Å². The predicted octanol–water partition coefficient (Wildman–Crippen LogP) is 2.68. The molecular formula is C11H7Cl2N3O4. The number of methoxy groups -OCH3 is 1. The van der Waals surface area contributed by atoms with Gasteiger partial charge in [-0.15, -0.1) is 4.98 Å². The summed E-state index contributed by atoms with van der Waals surface area (Å²) >= 11 is 11.5. The van der Waals surface area contributed by atoms with Gasteiger partial charge in [-0.1, -0.05) is 11.6 Å². The highest BCUT2D eigenvalue weighted by atomic mass is 35.5. The van der Waals surface area contributed by atoms with Crippen LogP contribution in [0.3, 0.4) is 0 Å². The summed E-state index contributed by atoms with van der Waals surface area (Å²) in [6.45, 7) is 0. The van der Waals surface area contributed by atoms with E-state index in [9.17, 15) is 4.79 Å². The first kappa shape index (κ1) is 14.3. The highest BCUT2D eigenvalue weighted by Gasteiger charge is 2.15. The van der Waals surface area contributed by atoms with Crippen LogP contribution >= 0.6 is 23.2 Å². The summed E-state index contributed by atoms with van der Waals surface area (Å²) in [5, 5.41) is 9.22. The summed E-state index contributed by atoms with van der Waals surface area (Å²) in [6, 6.07) is 3.80. The number of carboxylic acid groups (broad SMARTS) is 1. The van der Waals surface area contributed by atoms with Gasteiger partial charge in [0.05, 0.1) is 7.11 Å². The van der Waals surface area contributed by atoms with Crippen LogP contribution in [0, 0.1) is 0 Å². The highest BCUT2D eigenvalue weighted by molar-refractivity contribution is 6.30. The van der Waals surface area contributed by atoms with Gasteiger partial charge in [-0.2, -0.15) is 9.97 Å². The van der Waals surface area contributed by atoms with E-state index < -0.39 is 5.97 Å². The van der Waals surface area contributed by atoms with Gasteiger partial charge in [-0.3, -0.25) is 0 Å². The van der Waals surface area contributed by atoms with Gasteiger partial charge in [0.25, 0.3) is 0 Å². The third-order valence-electron chi connectivity index (χ3n) is 2.12. The van der Waals surface area contributed by atoms with Crippen molar-refractivity contribution in [1.29, 1.82) is 0 Å². The van der Waals surface area contributed by atoms with Crippen LogP contribution in [-0.2, 0) is 0 Å². The largest absolute Gasteiger partial charge is 0.478 e. The van der Waals surface area contributed by atoms with Crippen LogP contribution in [0.2, 0.25) is 10.3 Å². The van der Waals surface area contributed by atoms with Crippen LogP contribution < -0.4 is 9.47 Å². The van der Waals surface area contributed by atoms with E-state index in [1.165, 1.54) is 25.3 Å². The fourth-order valence-electron chi connectivity index (χ4n) is 1.31. The Morgan fingerprint density at radius 3 is 2.55 bits per heavy atom. The number of carboxylic acids is 1. The second-order valence-electron chi connectivity index (χ2n) is 3.42. The number of aromatic nitrogens is 3. The number of rotatable bonds is 4. The van der Waals surface area contributed by atoms with E-state index in [2.05, 4.69) is 15.0 Å². The van der Waals surface area contributed by atoms with Gasteiger partial charge in [-0.05, 0) is 23.7 Å². The van der Waals surface area contributed by atoms with Crippen molar-refractivity contribution >= 4 is 29.2 Å². The number of halogens is 2. The van der Waals surface area contributed by atoms with Crippen molar-refractivity contribution in [1.82, 2.24) is 15.0 Å². The number of nitrogens with zero attached hydrogens (tertiary/aromatic N) is 3. The summed E-state index contributed by atoms with van der Waals surface area (Å²) in [7, 11) is 1.34. The monoisotopic (exact) mass is 315 g/mol. The minimum atomic E-state index is -1.18. The number of ether oxygens (including phenoxy) is 2. The molecule has 0 aliphatic rings. The van der Waals surface area contributed by atoms with Gasteiger partial charge >= 0.3 is 18.0 Å². The van der Waals surface area contributed by atoms with Crippen LogP contribution in [0.15, 0.2) is 18.2 Å². The van der Waals surface area contributed by atoms with Crippen LogP contribution in [0.4, 0.5) is 0 Å². The highest BCUT2D eigenvalue weighted by Crippen LogP contribution is 2.27. The first-order valence-electron chi connectivity index (χ1n) is 5.16. The molecule has 1 N–H and O–H groups in total. The summed E-state index contributed by atoms with van der Waals surface area (Å²) in [6.07, 6.45) is 0. The van der Waals surface area contributed by atoms with Gasteiger partial charge < -0.3 is 14.6 Å². The van der Waals surface area contributed by atoms with E-state index in [0.29, 0.717) is 5.02 Å². The molecule has 0 aliphatic carbocycles. The minimum absolute atomic E-state index is 0.0191. The third kappa shape index (κ3) is 3.25. The Labute approximate surface area is 123 Å². The van der Waals surface area contributed by atoms with E-state index in [0.717, 1.165) is 0 Å². The van der Waals surface area contributed by atoms with Crippen molar-refractivity contribution in [3.8, 4) is 17.8 Å². The lowest BCUT2D eigenvalue weighted by Crippen LogP contribution is -2.03. The summed E-state index contributed by atoms with van der Waals surface area (Å²) in [5.41, 5.74) is -0.0927. The molecule has 0 saturated heterocycles. The maximum atomic E-state index is 11.1. The summed E-state index contributed by atoms with van der Waals surface area (Å²) in [4.78, 5) is 22.3. The first-order chi connectivity index (χ1) is 9.49. The molecule has 0 atom stereocenters. The number of carbonyl (C=O) groups is 1. The van der Waals surface area contributed by atoms with Gasteiger partial charge in [-0.25, -0.2) is 4.79 Å². The summed E-state index contributed by atoms with van der Waals surface area (Å²) in [5.74, 6) is -1.20. The molecule has 2 rings (SSSR count). The molecule has 0 amide bonds. The molecular weight excluding hydrogens is 309 g/mol. The molecule has 0 unspecified atom stereocenters. The smallest absolute Gasteiger partial charge is 0.339 e. The predicted molar refractivity (Wildman–Crippen MR) is 69.9 cm³/mol. The van der Waals surface area contributed by atoms with Crippen molar-refractivity contribution in [2.75, 3.05) is 7.11 Å². The molecule has 0 fully saturated rings. The Hall–Kier alpha value is -2.12. The minimum Gasteiger partial charge on any atom is -0.478 e. The third-order valence-corrected chi connectivity index (χ3v) is 2.53. The fraction of sp³-hybridized carbons (Fsp3) is 0.0909. The SMILES string of the molecule is COc1nc(Cl)nc(Oc2cc(Cl)ccc2C(=O)O)n1. The van der Waals surface area contributed by atoms with Gasteiger partial charge in [0.2, 0.25) is 5.28 Å². The second kappa shape index (κ2) is 5.89. The van der Waals surface area contributed by atoms with Crippen LogP contribution in [-0.4, -0.2) is 33.1 Å². The zero-order chi connectivity index (χ0) is 14.7. The average molecular weight is 316 g/mol. The molecule has 1 aromatic carbocycles. The molecule has 9 heteroatoms. The first-order valence-corrected chi connectivity index (χ1v) is 5.91. The molecule has 20 heavy (non-hydrogen) atoms. The zero-order valence-corrected chi connectivity index (χ0v) is 11.5. The average Bonchev–Trinajstić information content (AvgIpc) is 2.37. The van der Waals surface area contributed by atoms with Crippen molar-refractivity contribution in [3.63, 3.8) is 0 Å². The number of aromatic carboxylic acids is 1. The lowest BCUT2D eigenvalue weighted by atomic mass is 10.2. The normalized spacial score (nSPS) is 10.2. The van der Waals surface area contributed by atoms with E-state index in [1.807, 2.05) is 0 Å². The van der Waals surface area contributed by atoms with Crippen molar-refractivity contribution in [2.45, 2.75) is 0 Å². The molecule has 1 heterocycles. The Kier molecular flexibility index (Phi) is 4.21. The fourth-order valence-corrected chi connectivity index (χ4v) is 1.61. The quantitative estimate of drug-likeness (QED) is 0.926. The van der Waals surface area contributed by atoms with Crippen molar-refractivity contribution < 1.29 is 19.4 Å². The maximum absolute atomic E-state index is 11.1. The van der Waals surface area contributed by atoms with E-state index in [-0.39, 0.29) is 28.6 Å². The second-order valence-corrected chi connectivity index (χ2v) is 4.20. The number of benzene rings is 1. The molecule has 0 radical (unpaired) electrons. The molecule has 7 nitrogen and oxygen atoms in total. The maximum Gasteiger partial charge on any atom is 0.339 e. The lowest BCUT2D eigenvalue weighted by molar-refractivity contribution is 0.0694. The van der Waals surface area contributed by atoms with E-state index >= 15 is 0 Å². The Bertz CT molecular complexity index is 666. The number of hydrogen-bond acceptors (Lipinski definition) is 6. The standard InChI is InChI=1S/C11H7Cl2N3O4/c1-19-10-14-9(13)15-11(16-10)20-7-4-5(12)2-3-6(7)8(17)18/h2-4H,1H3,(H,17,18). The molecule has 2 aromatic rings. The topological polar surface area (TPSA) is 94.4 Å². The molecule has 104 valence electrons. The summed E-state index contributed by atoms with van der Waals surface area (Å²) < 4.78 is 10.1. The molecule has 1 aromatic heterocycles.